The summed E-state index contributed by atoms with van der Waals surface area (Å²) in [6.45, 7) is 2.16. The molecule has 0 atom stereocenters. The van der Waals surface area contributed by atoms with Crippen LogP contribution in [0.1, 0.15) is 31.7 Å². The molecule has 0 radical (unpaired) electrons. The summed E-state index contributed by atoms with van der Waals surface area (Å²) in [5, 5.41) is 1.67. The third kappa shape index (κ3) is 4.17. The lowest BCUT2D eigenvalue weighted by molar-refractivity contribution is 0.809. The average molecular weight is 229 g/mol. The monoisotopic (exact) mass is 228 g/mol. The van der Waals surface area contributed by atoms with Gasteiger partial charge >= 0.3 is 0 Å². The first-order chi connectivity index (χ1) is 6.72. The number of unbranched alkanes of at least 4 members (excludes halogenated alkanes) is 1. The third-order valence-corrected chi connectivity index (χ3v) is 2.51. The van der Waals surface area contributed by atoms with Crippen molar-refractivity contribution >= 4 is 29.3 Å². The molecule has 0 amide bonds. The van der Waals surface area contributed by atoms with Crippen LogP contribution < -0.4 is 0 Å². The smallest absolute Gasteiger partial charge is 0.0406 e. The zero-order chi connectivity index (χ0) is 10.4. The van der Waals surface area contributed by atoms with Crippen LogP contribution in [0.3, 0.4) is 0 Å². The van der Waals surface area contributed by atoms with E-state index in [2.05, 4.69) is 6.92 Å². The largest absolute Gasteiger partial charge is 0.0891 e. The van der Waals surface area contributed by atoms with Crippen molar-refractivity contribution in [3.8, 4) is 0 Å². The van der Waals surface area contributed by atoms with Crippen LogP contribution in [0.4, 0.5) is 0 Å². The summed E-state index contributed by atoms with van der Waals surface area (Å²) in [7, 11) is 0. The molecule has 1 aromatic rings. The fourth-order valence-corrected chi connectivity index (χ4v) is 1.54. The molecule has 0 spiro atoms. The molecule has 0 N–H and O–H groups in total. The van der Waals surface area contributed by atoms with Crippen molar-refractivity contribution in [2.45, 2.75) is 26.2 Å². The van der Waals surface area contributed by atoms with Crippen molar-refractivity contribution in [1.29, 1.82) is 0 Å². The van der Waals surface area contributed by atoms with E-state index in [1.54, 1.807) is 0 Å². The Morgan fingerprint density at radius 2 is 1.93 bits per heavy atom. The molecule has 1 rings (SSSR count). The second-order valence-electron chi connectivity index (χ2n) is 3.25. The second kappa shape index (κ2) is 6.10. The van der Waals surface area contributed by atoms with E-state index in [1.165, 1.54) is 6.42 Å². The van der Waals surface area contributed by atoms with Crippen LogP contribution in [0.25, 0.3) is 6.08 Å². The van der Waals surface area contributed by atoms with Gasteiger partial charge in [-0.1, -0.05) is 48.7 Å². The Bertz CT molecular complexity index is 299. The minimum atomic E-state index is 0.756. The van der Waals surface area contributed by atoms with Gasteiger partial charge in [-0.3, -0.25) is 0 Å². The van der Waals surface area contributed by atoms with Crippen molar-refractivity contribution in [2.24, 2.45) is 0 Å². The minimum Gasteiger partial charge on any atom is -0.0891 e. The predicted octanol–water partition coefficient (Wildman–Crippen LogP) is 5.11. The van der Waals surface area contributed by atoms with Gasteiger partial charge in [0.05, 0.1) is 0 Å². The van der Waals surface area contributed by atoms with Crippen LogP contribution in [-0.4, -0.2) is 0 Å². The molecule has 0 aliphatic carbocycles. The van der Waals surface area contributed by atoms with Crippen LogP contribution in [0.15, 0.2) is 29.3 Å². The Balaban J connectivity index is 2.61. The van der Waals surface area contributed by atoms with E-state index in [-0.39, 0.29) is 0 Å². The average Bonchev–Trinajstić information content (AvgIpc) is 2.18. The third-order valence-electron chi connectivity index (χ3n) is 1.96. The van der Waals surface area contributed by atoms with Gasteiger partial charge in [-0.25, -0.2) is 0 Å². The van der Waals surface area contributed by atoms with E-state index in [9.17, 15) is 0 Å². The first-order valence-electron chi connectivity index (χ1n) is 4.84. The van der Waals surface area contributed by atoms with Gasteiger partial charge < -0.3 is 0 Å². The van der Waals surface area contributed by atoms with Gasteiger partial charge in [0.2, 0.25) is 0 Å². The molecule has 0 fully saturated rings. The molecule has 0 saturated heterocycles. The number of allylic oxidation sites excluding steroid dienone is 1. The lowest BCUT2D eigenvalue weighted by Gasteiger charge is -1.98. The summed E-state index contributed by atoms with van der Waals surface area (Å²) in [5.41, 5.74) is 1.11. The zero-order valence-corrected chi connectivity index (χ0v) is 9.78. The van der Waals surface area contributed by atoms with Crippen molar-refractivity contribution in [3.63, 3.8) is 0 Å². The summed E-state index contributed by atoms with van der Waals surface area (Å²) < 4.78 is 0. The van der Waals surface area contributed by atoms with Crippen molar-refractivity contribution in [3.05, 3.63) is 39.9 Å². The molecule has 0 bridgehead atoms. The number of hydrogen-bond acceptors (Lipinski definition) is 0. The van der Waals surface area contributed by atoms with Gasteiger partial charge in [0.25, 0.3) is 0 Å². The second-order valence-corrected chi connectivity index (χ2v) is 4.17. The highest BCUT2D eigenvalue weighted by atomic mass is 35.5. The first kappa shape index (κ1) is 11.6. The quantitative estimate of drug-likeness (QED) is 0.672. The molecular formula is C12H14Cl2. The van der Waals surface area contributed by atoms with E-state index in [0.29, 0.717) is 0 Å². The Morgan fingerprint density at radius 1 is 1.29 bits per heavy atom. The molecule has 2 heteroatoms. The van der Waals surface area contributed by atoms with E-state index in [1.807, 2.05) is 30.3 Å². The fraction of sp³-hybridized carbons (Fsp3) is 0.333. The topological polar surface area (TPSA) is 0 Å². The number of halogens is 2. The van der Waals surface area contributed by atoms with Crippen molar-refractivity contribution < 1.29 is 0 Å². The lowest BCUT2D eigenvalue weighted by atomic mass is 10.1. The maximum Gasteiger partial charge on any atom is 0.0406 e. The Morgan fingerprint density at radius 3 is 2.50 bits per heavy atom. The SMILES string of the molecule is CCCC/C(Cl)=C/c1ccc(Cl)cc1. The zero-order valence-electron chi connectivity index (χ0n) is 8.26. The molecule has 76 valence electrons. The molecule has 0 aliphatic rings. The first-order valence-corrected chi connectivity index (χ1v) is 5.59. The standard InChI is InChI=1S/C12H14Cl2/c1-2-3-4-12(14)9-10-5-7-11(13)8-6-10/h5-9H,2-4H2,1H3/b12-9-. The van der Waals surface area contributed by atoms with Crippen LogP contribution in [0.5, 0.6) is 0 Å². The Labute approximate surface area is 95.5 Å². The summed E-state index contributed by atoms with van der Waals surface area (Å²) >= 11 is 11.8. The maximum absolute atomic E-state index is 6.06. The highest BCUT2D eigenvalue weighted by Gasteiger charge is 1.93. The van der Waals surface area contributed by atoms with E-state index in [4.69, 9.17) is 23.2 Å². The van der Waals surface area contributed by atoms with E-state index < -0.39 is 0 Å². The van der Waals surface area contributed by atoms with Crippen LogP contribution in [0, 0.1) is 0 Å². The molecule has 14 heavy (non-hydrogen) atoms. The molecule has 0 aromatic heterocycles. The summed E-state index contributed by atoms with van der Waals surface area (Å²) in [5.74, 6) is 0. The molecular weight excluding hydrogens is 215 g/mol. The van der Waals surface area contributed by atoms with Gasteiger partial charge in [0, 0.05) is 10.1 Å². The van der Waals surface area contributed by atoms with Crippen molar-refractivity contribution in [2.75, 3.05) is 0 Å². The summed E-state index contributed by atoms with van der Waals surface area (Å²) in [6.07, 6.45) is 5.27. The number of benzene rings is 1. The summed E-state index contributed by atoms with van der Waals surface area (Å²) in [6, 6.07) is 7.68. The van der Waals surface area contributed by atoms with Crippen LogP contribution in [-0.2, 0) is 0 Å². The van der Waals surface area contributed by atoms with Crippen LogP contribution >= 0.6 is 23.2 Å². The summed E-state index contributed by atoms with van der Waals surface area (Å²) in [4.78, 5) is 0. The fourth-order valence-electron chi connectivity index (χ4n) is 1.16. The number of hydrogen-bond donors (Lipinski definition) is 0. The van der Waals surface area contributed by atoms with Crippen LogP contribution in [0.2, 0.25) is 5.02 Å². The molecule has 1 aromatic carbocycles. The molecule has 0 unspecified atom stereocenters. The predicted molar refractivity (Wildman–Crippen MR) is 64.8 cm³/mol. The minimum absolute atomic E-state index is 0.756. The Kier molecular flexibility index (Phi) is 5.06. The van der Waals surface area contributed by atoms with Gasteiger partial charge in [0.1, 0.15) is 0 Å². The van der Waals surface area contributed by atoms with Gasteiger partial charge in [-0.15, -0.1) is 0 Å². The van der Waals surface area contributed by atoms with Gasteiger partial charge in [-0.05, 0) is 36.6 Å². The normalized spacial score (nSPS) is 11.8. The van der Waals surface area contributed by atoms with Gasteiger partial charge in [0.15, 0.2) is 0 Å². The maximum atomic E-state index is 6.06. The lowest BCUT2D eigenvalue weighted by Crippen LogP contribution is -1.76. The van der Waals surface area contributed by atoms with Gasteiger partial charge in [-0.2, -0.15) is 0 Å². The van der Waals surface area contributed by atoms with E-state index >= 15 is 0 Å². The van der Waals surface area contributed by atoms with E-state index in [0.717, 1.165) is 28.5 Å². The molecule has 0 nitrogen and oxygen atoms in total. The molecule has 0 heterocycles. The highest BCUT2D eigenvalue weighted by molar-refractivity contribution is 6.31. The number of rotatable bonds is 4. The molecule has 0 aliphatic heterocycles. The molecule has 0 saturated carbocycles. The highest BCUT2D eigenvalue weighted by Crippen LogP contribution is 2.17. The van der Waals surface area contributed by atoms with Crippen molar-refractivity contribution in [1.82, 2.24) is 0 Å². The Hall–Kier alpha value is -0.460.